The third-order valence-corrected chi connectivity index (χ3v) is 3.42. The first-order valence-electron chi connectivity index (χ1n) is 7.23. The number of imidazole rings is 1. The Kier molecular flexibility index (Phi) is 3.07. The Morgan fingerprint density at radius 3 is 3.00 bits per heavy atom. The van der Waals surface area contributed by atoms with Gasteiger partial charge in [0.05, 0.1) is 18.5 Å². The van der Waals surface area contributed by atoms with Gasteiger partial charge in [0, 0.05) is 11.6 Å². The van der Waals surface area contributed by atoms with Gasteiger partial charge in [0.1, 0.15) is 0 Å². The van der Waals surface area contributed by atoms with Crippen molar-refractivity contribution in [3.63, 3.8) is 0 Å². The summed E-state index contributed by atoms with van der Waals surface area (Å²) < 4.78 is 18.0. The van der Waals surface area contributed by atoms with Crippen LogP contribution in [0.4, 0.5) is 0 Å². The summed E-state index contributed by atoms with van der Waals surface area (Å²) in [4.78, 5) is 4.58. The molecule has 1 aliphatic rings. The molecule has 0 atom stereocenters. The summed E-state index contributed by atoms with van der Waals surface area (Å²) in [7, 11) is 0. The molecule has 0 radical (unpaired) electrons. The summed E-state index contributed by atoms with van der Waals surface area (Å²) in [6.07, 6.45) is 2.83. The van der Waals surface area contributed by atoms with Crippen LogP contribution in [-0.2, 0) is 0 Å². The highest BCUT2D eigenvalue weighted by Gasteiger charge is 2.15. The van der Waals surface area contributed by atoms with E-state index in [9.17, 15) is 0 Å². The lowest BCUT2D eigenvalue weighted by Gasteiger charge is -2.02. The van der Waals surface area contributed by atoms with Gasteiger partial charge in [-0.1, -0.05) is 6.92 Å². The molecule has 0 N–H and O–H groups in total. The lowest BCUT2D eigenvalue weighted by molar-refractivity contribution is 0.174. The van der Waals surface area contributed by atoms with Crippen LogP contribution in [0.25, 0.3) is 16.9 Å². The van der Waals surface area contributed by atoms with Crippen molar-refractivity contribution in [2.75, 3.05) is 13.4 Å². The van der Waals surface area contributed by atoms with Crippen molar-refractivity contribution < 1.29 is 14.2 Å². The smallest absolute Gasteiger partial charge is 0.231 e. The van der Waals surface area contributed by atoms with Gasteiger partial charge < -0.3 is 14.2 Å². The third-order valence-electron chi connectivity index (χ3n) is 3.42. The van der Waals surface area contributed by atoms with Crippen molar-refractivity contribution in [2.45, 2.75) is 13.3 Å². The first-order chi connectivity index (χ1) is 10.8. The normalized spacial score (nSPS) is 12.8. The van der Waals surface area contributed by atoms with Crippen molar-refractivity contribution in [3.8, 4) is 28.6 Å². The summed E-state index contributed by atoms with van der Waals surface area (Å²) in [6, 6.07) is 9.52. The minimum Gasteiger partial charge on any atom is -0.477 e. The average Bonchev–Trinajstić information content (AvgIpc) is 3.17. The molecule has 0 fully saturated rings. The molecule has 2 aromatic heterocycles. The van der Waals surface area contributed by atoms with E-state index in [-0.39, 0.29) is 6.79 Å². The Hall–Kier alpha value is -2.76. The Morgan fingerprint density at radius 1 is 1.18 bits per heavy atom. The second kappa shape index (κ2) is 5.22. The van der Waals surface area contributed by atoms with Crippen molar-refractivity contribution in [3.05, 3.63) is 36.5 Å². The van der Waals surface area contributed by atoms with Crippen molar-refractivity contribution in [1.29, 1.82) is 0 Å². The van der Waals surface area contributed by atoms with E-state index in [0.29, 0.717) is 12.5 Å². The molecule has 3 aromatic rings. The lowest BCUT2D eigenvalue weighted by atomic mass is 10.1. The van der Waals surface area contributed by atoms with Gasteiger partial charge in [-0.2, -0.15) is 0 Å². The summed E-state index contributed by atoms with van der Waals surface area (Å²) in [6.45, 7) is 2.99. The van der Waals surface area contributed by atoms with Gasteiger partial charge in [0.25, 0.3) is 0 Å². The highest BCUT2D eigenvalue weighted by Crippen LogP contribution is 2.35. The molecular weight excluding hydrogens is 282 g/mol. The minimum atomic E-state index is 0.267. The van der Waals surface area contributed by atoms with Crippen LogP contribution in [0.3, 0.4) is 0 Å². The standard InChI is InChI=1S/C16H15N3O3/c1-2-7-20-16-6-5-15-17-12(9-19(15)18-16)11-3-4-13-14(8-11)22-10-21-13/h3-6,8-9H,2,7,10H2,1H3. The first-order valence-corrected chi connectivity index (χ1v) is 7.23. The molecule has 0 spiro atoms. The van der Waals surface area contributed by atoms with E-state index >= 15 is 0 Å². The molecule has 4 rings (SSSR count). The molecule has 1 aromatic carbocycles. The fraction of sp³-hybridized carbons (Fsp3) is 0.250. The Bertz CT molecular complexity index is 829. The monoisotopic (exact) mass is 297 g/mol. The van der Waals surface area contributed by atoms with E-state index < -0.39 is 0 Å². The Balaban J connectivity index is 1.70. The largest absolute Gasteiger partial charge is 0.477 e. The number of nitrogens with zero attached hydrogens (tertiary/aromatic N) is 3. The maximum absolute atomic E-state index is 5.54. The fourth-order valence-corrected chi connectivity index (χ4v) is 2.34. The number of fused-ring (bicyclic) bond motifs is 2. The predicted molar refractivity (Wildman–Crippen MR) is 80.3 cm³/mol. The highest BCUT2D eigenvalue weighted by molar-refractivity contribution is 5.66. The van der Waals surface area contributed by atoms with Crippen LogP contribution < -0.4 is 14.2 Å². The summed E-state index contributed by atoms with van der Waals surface area (Å²) >= 11 is 0. The van der Waals surface area contributed by atoms with Gasteiger partial charge >= 0.3 is 0 Å². The van der Waals surface area contributed by atoms with Crippen LogP contribution >= 0.6 is 0 Å². The van der Waals surface area contributed by atoms with Crippen molar-refractivity contribution in [1.82, 2.24) is 14.6 Å². The van der Waals surface area contributed by atoms with Gasteiger partial charge in [-0.15, -0.1) is 5.10 Å². The summed E-state index contributed by atoms with van der Waals surface area (Å²) in [5, 5.41) is 4.41. The summed E-state index contributed by atoms with van der Waals surface area (Å²) in [5.74, 6) is 2.11. The fourth-order valence-electron chi connectivity index (χ4n) is 2.34. The Morgan fingerprint density at radius 2 is 2.09 bits per heavy atom. The molecule has 0 saturated heterocycles. The number of hydrogen-bond acceptors (Lipinski definition) is 5. The average molecular weight is 297 g/mol. The minimum absolute atomic E-state index is 0.267. The van der Waals surface area contributed by atoms with E-state index in [1.165, 1.54) is 0 Å². The molecule has 0 aliphatic carbocycles. The van der Waals surface area contributed by atoms with Gasteiger partial charge in [-0.25, -0.2) is 9.50 Å². The van der Waals surface area contributed by atoms with E-state index in [0.717, 1.165) is 34.8 Å². The maximum atomic E-state index is 5.54. The topological polar surface area (TPSA) is 57.9 Å². The van der Waals surface area contributed by atoms with E-state index in [1.54, 1.807) is 4.52 Å². The molecule has 3 heterocycles. The van der Waals surface area contributed by atoms with Gasteiger partial charge in [-0.3, -0.25) is 0 Å². The zero-order chi connectivity index (χ0) is 14.9. The molecule has 6 heteroatoms. The molecule has 112 valence electrons. The van der Waals surface area contributed by atoms with Crippen LogP contribution in [0.2, 0.25) is 0 Å². The van der Waals surface area contributed by atoms with Crippen molar-refractivity contribution in [2.24, 2.45) is 0 Å². The Labute approximate surface area is 127 Å². The molecule has 0 unspecified atom stereocenters. The molecule has 1 aliphatic heterocycles. The second-order valence-electron chi connectivity index (χ2n) is 5.02. The molecule has 6 nitrogen and oxygen atoms in total. The number of hydrogen-bond donors (Lipinski definition) is 0. The number of rotatable bonds is 4. The zero-order valence-corrected chi connectivity index (χ0v) is 12.2. The molecule has 0 saturated carbocycles. The van der Waals surface area contributed by atoms with E-state index in [2.05, 4.69) is 17.0 Å². The van der Waals surface area contributed by atoms with Crippen molar-refractivity contribution >= 4 is 5.65 Å². The van der Waals surface area contributed by atoms with Crippen LogP contribution in [0.1, 0.15) is 13.3 Å². The van der Waals surface area contributed by atoms with Gasteiger partial charge in [0.15, 0.2) is 17.1 Å². The SMILES string of the molecule is CCCOc1ccc2nc(-c3ccc4c(c3)OCO4)cn2n1. The molecule has 0 bridgehead atoms. The number of aromatic nitrogens is 3. The maximum Gasteiger partial charge on any atom is 0.231 e. The quantitative estimate of drug-likeness (QED) is 0.741. The number of benzene rings is 1. The highest BCUT2D eigenvalue weighted by atomic mass is 16.7. The van der Waals surface area contributed by atoms with Crippen LogP contribution in [0.5, 0.6) is 17.4 Å². The van der Waals surface area contributed by atoms with Crippen LogP contribution in [0, 0.1) is 0 Å². The molecule has 22 heavy (non-hydrogen) atoms. The molecular formula is C16H15N3O3. The van der Waals surface area contributed by atoms with Gasteiger partial charge in [0.2, 0.25) is 12.7 Å². The van der Waals surface area contributed by atoms with Crippen LogP contribution in [-0.4, -0.2) is 28.0 Å². The zero-order valence-electron chi connectivity index (χ0n) is 12.2. The van der Waals surface area contributed by atoms with Crippen LogP contribution in [0.15, 0.2) is 36.5 Å². The first kappa shape index (κ1) is 12.9. The predicted octanol–water partition coefficient (Wildman–Crippen LogP) is 2.91. The van der Waals surface area contributed by atoms with Gasteiger partial charge in [-0.05, 0) is 30.7 Å². The lowest BCUT2D eigenvalue weighted by Crippen LogP contribution is -2.00. The van der Waals surface area contributed by atoms with E-state index in [4.69, 9.17) is 14.2 Å². The van der Waals surface area contributed by atoms with E-state index in [1.807, 2.05) is 36.5 Å². The number of ether oxygens (including phenoxy) is 3. The molecule has 0 amide bonds. The third kappa shape index (κ3) is 2.22. The summed E-state index contributed by atoms with van der Waals surface area (Å²) in [5.41, 5.74) is 2.57. The second-order valence-corrected chi connectivity index (χ2v) is 5.02.